The standard InChI is InChI=1S/C12H16N2O4/c15-14(16)11-2-1-3-12(10-11)18-9-6-13-4-7-17-8-5-13/h1-3,10H,4-9H2/p+1. The molecule has 2 rings (SSSR count). The number of non-ortho nitro benzene ring substituents is 1. The summed E-state index contributed by atoms with van der Waals surface area (Å²) in [7, 11) is 0. The molecule has 0 bridgehead atoms. The van der Waals surface area contributed by atoms with Crippen LogP contribution in [-0.4, -0.2) is 44.4 Å². The molecule has 1 heterocycles. The van der Waals surface area contributed by atoms with E-state index in [1.54, 1.807) is 12.1 Å². The molecule has 0 amide bonds. The number of hydrogen-bond acceptors (Lipinski definition) is 4. The molecule has 1 aromatic rings. The maximum absolute atomic E-state index is 10.6. The molecule has 1 saturated heterocycles. The van der Waals surface area contributed by atoms with Gasteiger partial charge >= 0.3 is 0 Å². The zero-order valence-corrected chi connectivity index (χ0v) is 10.1. The molecular formula is C12H17N2O4+. The highest BCUT2D eigenvalue weighted by molar-refractivity contribution is 5.37. The van der Waals surface area contributed by atoms with Crippen LogP contribution in [0, 0.1) is 10.1 Å². The largest absolute Gasteiger partial charge is 0.487 e. The first-order valence-electron chi connectivity index (χ1n) is 6.04. The van der Waals surface area contributed by atoms with Crippen molar-refractivity contribution >= 4 is 5.69 Å². The molecule has 0 aromatic heterocycles. The van der Waals surface area contributed by atoms with Gasteiger partial charge in [0.2, 0.25) is 0 Å². The molecule has 1 aliphatic heterocycles. The van der Waals surface area contributed by atoms with Crippen LogP contribution in [-0.2, 0) is 4.74 Å². The smallest absolute Gasteiger partial charge is 0.273 e. The van der Waals surface area contributed by atoms with Gasteiger partial charge in [-0.05, 0) is 6.07 Å². The summed E-state index contributed by atoms with van der Waals surface area (Å²) in [6.45, 7) is 5.05. The van der Waals surface area contributed by atoms with Crippen molar-refractivity contribution in [2.24, 2.45) is 0 Å². The fraction of sp³-hybridized carbons (Fsp3) is 0.500. The molecule has 0 aliphatic carbocycles. The van der Waals surface area contributed by atoms with E-state index in [0.717, 1.165) is 32.8 Å². The number of rotatable bonds is 5. The molecular weight excluding hydrogens is 236 g/mol. The van der Waals surface area contributed by atoms with Crippen molar-refractivity contribution in [3.8, 4) is 5.75 Å². The average Bonchev–Trinajstić information content (AvgIpc) is 2.40. The zero-order valence-electron chi connectivity index (χ0n) is 10.1. The molecule has 1 fully saturated rings. The Labute approximate surface area is 105 Å². The molecule has 98 valence electrons. The Bertz CT molecular complexity index is 405. The van der Waals surface area contributed by atoms with Crippen LogP contribution in [0.25, 0.3) is 0 Å². The second-order valence-electron chi connectivity index (χ2n) is 4.22. The van der Waals surface area contributed by atoms with Gasteiger partial charge in [-0.25, -0.2) is 0 Å². The Morgan fingerprint density at radius 1 is 1.39 bits per heavy atom. The van der Waals surface area contributed by atoms with E-state index < -0.39 is 4.92 Å². The van der Waals surface area contributed by atoms with E-state index in [4.69, 9.17) is 9.47 Å². The molecule has 1 aliphatic rings. The topological polar surface area (TPSA) is 66.0 Å². The van der Waals surface area contributed by atoms with Crippen LogP contribution in [0.15, 0.2) is 24.3 Å². The first-order valence-corrected chi connectivity index (χ1v) is 6.04. The Balaban J connectivity index is 1.78. The highest BCUT2D eigenvalue weighted by Crippen LogP contribution is 2.18. The molecule has 0 atom stereocenters. The van der Waals surface area contributed by atoms with Gasteiger partial charge in [0.05, 0.1) is 24.2 Å². The zero-order chi connectivity index (χ0) is 12.8. The first-order chi connectivity index (χ1) is 8.75. The Morgan fingerprint density at radius 3 is 2.89 bits per heavy atom. The van der Waals surface area contributed by atoms with Gasteiger partial charge in [0, 0.05) is 6.07 Å². The van der Waals surface area contributed by atoms with Crippen LogP contribution in [0.3, 0.4) is 0 Å². The van der Waals surface area contributed by atoms with Gasteiger partial charge in [-0.15, -0.1) is 0 Å². The number of morpholine rings is 1. The minimum Gasteiger partial charge on any atom is -0.487 e. The summed E-state index contributed by atoms with van der Waals surface area (Å²) in [5.74, 6) is 0.553. The van der Waals surface area contributed by atoms with Crippen LogP contribution in [0.4, 0.5) is 5.69 Å². The number of nitro groups is 1. The third kappa shape index (κ3) is 3.68. The maximum atomic E-state index is 10.6. The van der Waals surface area contributed by atoms with Gasteiger partial charge in [0.25, 0.3) is 5.69 Å². The van der Waals surface area contributed by atoms with E-state index in [2.05, 4.69) is 0 Å². The van der Waals surface area contributed by atoms with Crippen molar-refractivity contribution in [1.82, 2.24) is 0 Å². The van der Waals surface area contributed by atoms with Crippen molar-refractivity contribution in [1.29, 1.82) is 0 Å². The third-order valence-electron chi connectivity index (χ3n) is 2.95. The lowest BCUT2D eigenvalue weighted by Crippen LogP contribution is -3.14. The predicted octanol–water partition coefficient (Wildman–Crippen LogP) is -0.111. The molecule has 6 heteroatoms. The summed E-state index contributed by atoms with van der Waals surface area (Å²) in [6.07, 6.45) is 0. The maximum Gasteiger partial charge on any atom is 0.273 e. The molecule has 0 spiro atoms. The number of ether oxygens (including phenoxy) is 2. The van der Waals surface area contributed by atoms with Gasteiger partial charge in [0.15, 0.2) is 0 Å². The van der Waals surface area contributed by atoms with E-state index in [0.29, 0.717) is 12.4 Å². The molecule has 6 nitrogen and oxygen atoms in total. The Hall–Kier alpha value is -1.66. The van der Waals surface area contributed by atoms with Crippen molar-refractivity contribution in [3.63, 3.8) is 0 Å². The van der Waals surface area contributed by atoms with Crippen molar-refractivity contribution in [2.45, 2.75) is 0 Å². The SMILES string of the molecule is O=[N+]([O-])c1cccc(OCC[NH+]2CCOCC2)c1. The summed E-state index contributed by atoms with van der Waals surface area (Å²) in [5, 5.41) is 10.6. The van der Waals surface area contributed by atoms with Crippen molar-refractivity contribution < 1.29 is 19.3 Å². The van der Waals surface area contributed by atoms with Crippen molar-refractivity contribution in [2.75, 3.05) is 39.5 Å². The van der Waals surface area contributed by atoms with E-state index >= 15 is 0 Å². The lowest BCUT2D eigenvalue weighted by atomic mass is 10.3. The summed E-state index contributed by atoms with van der Waals surface area (Å²) < 4.78 is 10.8. The normalized spacial score (nSPS) is 16.4. The second-order valence-corrected chi connectivity index (χ2v) is 4.22. The van der Waals surface area contributed by atoms with Gasteiger partial charge in [-0.2, -0.15) is 0 Å². The number of benzene rings is 1. The van der Waals surface area contributed by atoms with Gasteiger partial charge in [0.1, 0.15) is 32.0 Å². The van der Waals surface area contributed by atoms with Gasteiger partial charge in [-0.3, -0.25) is 10.1 Å². The van der Waals surface area contributed by atoms with Crippen LogP contribution in [0.5, 0.6) is 5.75 Å². The number of nitro benzene ring substituents is 1. The number of nitrogens with zero attached hydrogens (tertiary/aromatic N) is 1. The van der Waals surface area contributed by atoms with Crippen LogP contribution >= 0.6 is 0 Å². The minimum atomic E-state index is -0.417. The van der Waals surface area contributed by atoms with E-state index in [-0.39, 0.29) is 5.69 Å². The lowest BCUT2D eigenvalue weighted by molar-refractivity contribution is -0.908. The van der Waals surface area contributed by atoms with Crippen LogP contribution < -0.4 is 9.64 Å². The highest BCUT2D eigenvalue weighted by Gasteiger charge is 2.13. The monoisotopic (exact) mass is 253 g/mol. The molecule has 0 unspecified atom stereocenters. The first kappa shape index (κ1) is 12.8. The summed E-state index contributed by atoms with van der Waals surface area (Å²) in [6, 6.07) is 6.28. The molecule has 1 N–H and O–H groups in total. The lowest BCUT2D eigenvalue weighted by Gasteiger charge is -2.23. The number of quaternary nitrogens is 1. The summed E-state index contributed by atoms with van der Waals surface area (Å²) >= 11 is 0. The van der Waals surface area contributed by atoms with Crippen molar-refractivity contribution in [3.05, 3.63) is 34.4 Å². The second kappa shape index (κ2) is 6.32. The summed E-state index contributed by atoms with van der Waals surface area (Å²) in [5.41, 5.74) is 0.0613. The fourth-order valence-corrected chi connectivity index (χ4v) is 1.91. The number of nitrogens with one attached hydrogen (secondary N) is 1. The fourth-order valence-electron chi connectivity index (χ4n) is 1.91. The number of hydrogen-bond donors (Lipinski definition) is 1. The van der Waals surface area contributed by atoms with Crippen LogP contribution in [0.1, 0.15) is 0 Å². The molecule has 1 aromatic carbocycles. The minimum absolute atomic E-state index is 0.0613. The molecule has 18 heavy (non-hydrogen) atoms. The van der Waals surface area contributed by atoms with E-state index in [1.807, 2.05) is 0 Å². The highest BCUT2D eigenvalue weighted by atomic mass is 16.6. The Morgan fingerprint density at radius 2 is 2.17 bits per heavy atom. The van der Waals surface area contributed by atoms with E-state index in [9.17, 15) is 10.1 Å². The third-order valence-corrected chi connectivity index (χ3v) is 2.95. The average molecular weight is 253 g/mol. The predicted molar refractivity (Wildman–Crippen MR) is 65.0 cm³/mol. The van der Waals surface area contributed by atoms with Gasteiger partial charge < -0.3 is 14.4 Å². The summed E-state index contributed by atoms with van der Waals surface area (Å²) in [4.78, 5) is 11.6. The molecule has 0 saturated carbocycles. The van der Waals surface area contributed by atoms with Gasteiger partial charge in [-0.1, -0.05) is 6.07 Å². The Kier molecular flexibility index (Phi) is 4.49. The quantitative estimate of drug-likeness (QED) is 0.587. The van der Waals surface area contributed by atoms with E-state index in [1.165, 1.54) is 17.0 Å². The van der Waals surface area contributed by atoms with Crippen LogP contribution in [0.2, 0.25) is 0 Å². The molecule has 0 radical (unpaired) electrons.